The van der Waals surface area contributed by atoms with E-state index in [1.807, 2.05) is 0 Å². The molecule has 1 heterocycles. The van der Waals surface area contributed by atoms with E-state index >= 15 is 0 Å². The Labute approximate surface area is 152 Å². The van der Waals surface area contributed by atoms with Crippen LogP contribution in [0.2, 0.25) is 0 Å². The molecule has 1 unspecified atom stereocenters. The predicted molar refractivity (Wildman–Crippen MR) is 105 cm³/mol. The summed E-state index contributed by atoms with van der Waals surface area (Å²) in [4.78, 5) is 5.47. The number of piperazine rings is 1. The SMILES string of the molecule is c1ccc(CC(c2ccccc2)N2CCN(C3CCCC3)CC2)cc1. The lowest BCUT2D eigenvalue weighted by Gasteiger charge is -2.42. The van der Waals surface area contributed by atoms with Crippen LogP contribution in [0.1, 0.15) is 42.9 Å². The molecule has 4 rings (SSSR count). The van der Waals surface area contributed by atoms with Crippen molar-refractivity contribution in [1.82, 2.24) is 9.80 Å². The van der Waals surface area contributed by atoms with Crippen LogP contribution in [-0.2, 0) is 6.42 Å². The fourth-order valence-electron chi connectivity index (χ4n) is 4.65. The normalized spacial score (nSPS) is 21.4. The Balaban J connectivity index is 1.46. The van der Waals surface area contributed by atoms with Gasteiger partial charge in [-0.2, -0.15) is 0 Å². The van der Waals surface area contributed by atoms with Gasteiger partial charge in [0.05, 0.1) is 0 Å². The van der Waals surface area contributed by atoms with Crippen molar-refractivity contribution in [1.29, 1.82) is 0 Å². The largest absolute Gasteiger partial charge is 0.298 e. The van der Waals surface area contributed by atoms with Crippen LogP contribution in [0.25, 0.3) is 0 Å². The molecular formula is C23H30N2. The highest BCUT2D eigenvalue weighted by atomic mass is 15.3. The van der Waals surface area contributed by atoms with E-state index < -0.39 is 0 Å². The zero-order chi connectivity index (χ0) is 16.9. The molecule has 25 heavy (non-hydrogen) atoms. The van der Waals surface area contributed by atoms with Gasteiger partial charge in [0.1, 0.15) is 0 Å². The first-order valence-electron chi connectivity index (χ1n) is 9.97. The van der Waals surface area contributed by atoms with Crippen molar-refractivity contribution < 1.29 is 0 Å². The standard InChI is InChI=1S/C23H30N2/c1-3-9-20(10-4-1)19-23(21-11-5-2-6-12-21)25-17-15-24(16-18-25)22-13-7-8-14-22/h1-6,9-12,22-23H,7-8,13-19H2. The van der Waals surface area contributed by atoms with Crippen molar-refractivity contribution in [2.24, 2.45) is 0 Å². The Morgan fingerprint density at radius 2 is 1.36 bits per heavy atom. The van der Waals surface area contributed by atoms with Crippen molar-refractivity contribution in [3.05, 3.63) is 71.8 Å². The number of nitrogens with zero attached hydrogens (tertiary/aromatic N) is 2. The van der Waals surface area contributed by atoms with Gasteiger partial charge in [-0.3, -0.25) is 9.80 Å². The lowest BCUT2D eigenvalue weighted by molar-refractivity contribution is 0.0698. The molecule has 1 aliphatic heterocycles. The first-order chi connectivity index (χ1) is 12.4. The molecule has 1 saturated carbocycles. The molecule has 1 saturated heterocycles. The Kier molecular flexibility index (Phi) is 5.49. The molecule has 2 heteroatoms. The van der Waals surface area contributed by atoms with Gasteiger partial charge in [0.2, 0.25) is 0 Å². The van der Waals surface area contributed by atoms with Gasteiger partial charge in [0.25, 0.3) is 0 Å². The van der Waals surface area contributed by atoms with E-state index in [9.17, 15) is 0 Å². The van der Waals surface area contributed by atoms with Gasteiger partial charge in [-0.25, -0.2) is 0 Å². The monoisotopic (exact) mass is 334 g/mol. The summed E-state index contributed by atoms with van der Waals surface area (Å²) < 4.78 is 0. The van der Waals surface area contributed by atoms with Gasteiger partial charge in [0.15, 0.2) is 0 Å². The van der Waals surface area contributed by atoms with Crippen molar-refractivity contribution in [3.8, 4) is 0 Å². The van der Waals surface area contributed by atoms with Crippen molar-refractivity contribution in [2.75, 3.05) is 26.2 Å². The molecule has 0 spiro atoms. The number of hydrogen-bond acceptors (Lipinski definition) is 2. The predicted octanol–water partition coefficient (Wildman–Crippen LogP) is 4.53. The first kappa shape index (κ1) is 16.8. The molecule has 132 valence electrons. The van der Waals surface area contributed by atoms with Crippen LogP contribution in [-0.4, -0.2) is 42.0 Å². The average Bonchev–Trinajstić information content (AvgIpc) is 3.23. The van der Waals surface area contributed by atoms with Gasteiger partial charge >= 0.3 is 0 Å². The molecule has 1 atom stereocenters. The molecule has 0 bridgehead atoms. The Morgan fingerprint density at radius 3 is 2.00 bits per heavy atom. The van der Waals surface area contributed by atoms with Crippen LogP contribution in [0.15, 0.2) is 60.7 Å². The van der Waals surface area contributed by atoms with Crippen LogP contribution >= 0.6 is 0 Å². The van der Waals surface area contributed by atoms with Crippen LogP contribution in [0.4, 0.5) is 0 Å². The zero-order valence-electron chi connectivity index (χ0n) is 15.2. The molecule has 2 fully saturated rings. The minimum absolute atomic E-state index is 0.495. The van der Waals surface area contributed by atoms with Gasteiger partial charge in [-0.15, -0.1) is 0 Å². The van der Waals surface area contributed by atoms with Crippen LogP contribution < -0.4 is 0 Å². The van der Waals surface area contributed by atoms with E-state index in [1.54, 1.807) is 0 Å². The second-order valence-electron chi connectivity index (χ2n) is 7.63. The maximum atomic E-state index is 2.76. The fraction of sp³-hybridized carbons (Fsp3) is 0.478. The zero-order valence-corrected chi connectivity index (χ0v) is 15.2. The summed E-state index contributed by atoms with van der Waals surface area (Å²) in [6.45, 7) is 4.87. The highest BCUT2D eigenvalue weighted by Gasteiger charge is 2.29. The lowest BCUT2D eigenvalue weighted by Crippen LogP contribution is -2.50. The minimum atomic E-state index is 0.495. The van der Waals surface area contributed by atoms with Crippen LogP contribution in [0, 0.1) is 0 Å². The average molecular weight is 335 g/mol. The maximum Gasteiger partial charge on any atom is 0.0389 e. The lowest BCUT2D eigenvalue weighted by atomic mass is 9.96. The molecule has 1 aliphatic carbocycles. The van der Waals surface area contributed by atoms with Gasteiger partial charge in [-0.1, -0.05) is 73.5 Å². The summed E-state index contributed by atoms with van der Waals surface area (Å²) in [5.74, 6) is 0. The third-order valence-electron chi connectivity index (χ3n) is 6.09. The molecule has 0 radical (unpaired) electrons. The highest BCUT2D eigenvalue weighted by molar-refractivity contribution is 5.24. The molecule has 0 N–H and O–H groups in total. The van der Waals surface area contributed by atoms with E-state index in [0.29, 0.717) is 6.04 Å². The Bertz CT molecular complexity index is 626. The molecule has 0 aromatic heterocycles. The smallest absolute Gasteiger partial charge is 0.0389 e. The Hall–Kier alpha value is -1.64. The molecular weight excluding hydrogens is 304 g/mol. The summed E-state index contributed by atoms with van der Waals surface area (Å²) in [7, 11) is 0. The van der Waals surface area contributed by atoms with E-state index in [2.05, 4.69) is 70.5 Å². The van der Waals surface area contributed by atoms with Crippen LogP contribution in [0.3, 0.4) is 0 Å². The first-order valence-corrected chi connectivity index (χ1v) is 9.97. The Morgan fingerprint density at radius 1 is 0.760 bits per heavy atom. The van der Waals surface area contributed by atoms with E-state index in [4.69, 9.17) is 0 Å². The number of benzene rings is 2. The van der Waals surface area contributed by atoms with Crippen molar-refractivity contribution >= 4 is 0 Å². The molecule has 2 aromatic carbocycles. The summed E-state index contributed by atoms with van der Waals surface area (Å²) >= 11 is 0. The summed E-state index contributed by atoms with van der Waals surface area (Å²) in [5, 5.41) is 0. The summed E-state index contributed by atoms with van der Waals surface area (Å²) in [5.41, 5.74) is 2.90. The van der Waals surface area contributed by atoms with E-state index in [1.165, 1.54) is 63.0 Å². The fourth-order valence-corrected chi connectivity index (χ4v) is 4.65. The molecule has 2 aromatic rings. The van der Waals surface area contributed by atoms with E-state index in [-0.39, 0.29) is 0 Å². The van der Waals surface area contributed by atoms with Gasteiger partial charge < -0.3 is 0 Å². The van der Waals surface area contributed by atoms with Crippen molar-refractivity contribution in [2.45, 2.75) is 44.2 Å². The number of hydrogen-bond donors (Lipinski definition) is 0. The van der Waals surface area contributed by atoms with Crippen molar-refractivity contribution in [3.63, 3.8) is 0 Å². The third kappa shape index (κ3) is 4.13. The topological polar surface area (TPSA) is 6.48 Å². The van der Waals surface area contributed by atoms with Crippen LogP contribution in [0.5, 0.6) is 0 Å². The summed E-state index contributed by atoms with van der Waals surface area (Å²) in [6, 6.07) is 23.4. The highest BCUT2D eigenvalue weighted by Crippen LogP contribution is 2.29. The summed E-state index contributed by atoms with van der Waals surface area (Å²) in [6.07, 6.45) is 6.82. The molecule has 2 nitrogen and oxygen atoms in total. The maximum absolute atomic E-state index is 2.76. The van der Waals surface area contributed by atoms with Gasteiger partial charge in [0, 0.05) is 38.3 Å². The quantitative estimate of drug-likeness (QED) is 0.792. The molecule has 2 aliphatic rings. The second kappa shape index (κ2) is 8.16. The second-order valence-corrected chi connectivity index (χ2v) is 7.63. The third-order valence-corrected chi connectivity index (χ3v) is 6.09. The minimum Gasteiger partial charge on any atom is -0.298 e. The van der Waals surface area contributed by atoms with E-state index in [0.717, 1.165) is 12.5 Å². The van der Waals surface area contributed by atoms with Gasteiger partial charge in [-0.05, 0) is 30.4 Å². The number of rotatable bonds is 5. The molecule has 0 amide bonds.